The molecule has 0 aliphatic rings. The van der Waals surface area contributed by atoms with Crippen LogP contribution in [0.5, 0.6) is 0 Å². The van der Waals surface area contributed by atoms with Crippen LogP contribution in [0.4, 0.5) is 0 Å². The average molecular weight is 687 g/mol. The van der Waals surface area contributed by atoms with E-state index < -0.39 is 0 Å². The van der Waals surface area contributed by atoms with Gasteiger partial charge in [0.15, 0.2) is 0 Å². The van der Waals surface area contributed by atoms with Crippen molar-refractivity contribution in [3.05, 3.63) is 206 Å². The zero-order valence-electron chi connectivity index (χ0n) is 29.5. The van der Waals surface area contributed by atoms with E-state index in [-0.39, 0.29) is 0 Å². The molecule has 0 fully saturated rings. The number of aromatic nitrogens is 2. The van der Waals surface area contributed by atoms with Crippen molar-refractivity contribution in [2.75, 3.05) is 0 Å². The Morgan fingerprint density at radius 2 is 0.759 bits per heavy atom. The third kappa shape index (κ3) is 4.67. The van der Waals surface area contributed by atoms with Crippen LogP contribution >= 0.6 is 0 Å². The standard InChI is InChI=1S/C52H34N2/c1-4-14-35(15-5-1)37-24-27-40(28-25-37)53-48-32-33-49-51(52(48)45-29-26-39(34-50(45)53)36-16-6-2-7-17-36)44-22-12-13-23-46(44)54(49)47-31-30-41(38-18-8-3-9-19-38)42-20-10-11-21-43(42)47/h1-34H. The van der Waals surface area contributed by atoms with E-state index in [1.807, 2.05) is 0 Å². The van der Waals surface area contributed by atoms with Crippen molar-refractivity contribution >= 4 is 54.4 Å². The minimum atomic E-state index is 1.14. The summed E-state index contributed by atoms with van der Waals surface area (Å²) in [6.07, 6.45) is 0. The van der Waals surface area contributed by atoms with Gasteiger partial charge in [0.05, 0.1) is 27.8 Å². The van der Waals surface area contributed by atoms with Crippen LogP contribution in [0.3, 0.4) is 0 Å². The smallest absolute Gasteiger partial charge is 0.0549 e. The predicted octanol–water partition coefficient (Wildman–Crippen LogP) is 14.0. The molecule has 0 spiro atoms. The van der Waals surface area contributed by atoms with Crippen LogP contribution in [0.2, 0.25) is 0 Å². The van der Waals surface area contributed by atoms with Crippen LogP contribution in [0.25, 0.3) is 99.1 Å². The Balaban J connectivity index is 1.22. The Kier molecular flexibility index (Phi) is 6.90. The van der Waals surface area contributed by atoms with Gasteiger partial charge < -0.3 is 9.13 Å². The summed E-state index contributed by atoms with van der Waals surface area (Å²) in [4.78, 5) is 0. The number of hydrogen-bond donors (Lipinski definition) is 0. The molecular formula is C52H34N2. The van der Waals surface area contributed by atoms with Gasteiger partial charge in [0.2, 0.25) is 0 Å². The molecule has 11 rings (SSSR count). The Morgan fingerprint density at radius 3 is 1.44 bits per heavy atom. The van der Waals surface area contributed by atoms with Crippen molar-refractivity contribution in [1.29, 1.82) is 0 Å². The minimum Gasteiger partial charge on any atom is -0.309 e. The van der Waals surface area contributed by atoms with E-state index in [0.29, 0.717) is 0 Å². The molecule has 2 aromatic heterocycles. The second-order valence-electron chi connectivity index (χ2n) is 14.1. The average Bonchev–Trinajstić information content (AvgIpc) is 3.76. The lowest BCUT2D eigenvalue weighted by Crippen LogP contribution is -1.97. The first kappa shape index (κ1) is 30.5. The number of nitrogens with zero attached hydrogens (tertiary/aromatic N) is 2. The van der Waals surface area contributed by atoms with Gasteiger partial charge in [-0.05, 0) is 81.2 Å². The molecule has 11 aromatic rings. The fraction of sp³-hybridized carbons (Fsp3) is 0. The fourth-order valence-corrected chi connectivity index (χ4v) is 8.70. The van der Waals surface area contributed by atoms with Gasteiger partial charge in [-0.25, -0.2) is 0 Å². The quantitative estimate of drug-likeness (QED) is 0.171. The second-order valence-corrected chi connectivity index (χ2v) is 14.1. The van der Waals surface area contributed by atoms with Crippen molar-refractivity contribution in [2.45, 2.75) is 0 Å². The van der Waals surface area contributed by atoms with E-state index in [1.54, 1.807) is 0 Å². The van der Waals surface area contributed by atoms with Crippen LogP contribution in [-0.2, 0) is 0 Å². The van der Waals surface area contributed by atoms with Crippen LogP contribution in [0.1, 0.15) is 0 Å². The third-order valence-electron chi connectivity index (χ3n) is 11.1. The lowest BCUT2D eigenvalue weighted by atomic mass is 9.97. The molecule has 0 bridgehead atoms. The molecule has 2 nitrogen and oxygen atoms in total. The molecule has 2 heterocycles. The van der Waals surface area contributed by atoms with Crippen LogP contribution < -0.4 is 0 Å². The normalized spacial score (nSPS) is 11.7. The summed E-state index contributed by atoms with van der Waals surface area (Å²) in [6, 6.07) is 75.1. The van der Waals surface area contributed by atoms with Gasteiger partial charge in [-0.1, -0.05) is 164 Å². The van der Waals surface area contributed by atoms with Crippen molar-refractivity contribution < 1.29 is 0 Å². The van der Waals surface area contributed by atoms with Crippen LogP contribution in [0.15, 0.2) is 206 Å². The Hall–Kier alpha value is -7.16. The zero-order chi connectivity index (χ0) is 35.6. The lowest BCUT2D eigenvalue weighted by molar-refractivity contribution is 1.18. The molecule has 0 unspecified atom stereocenters. The first-order chi connectivity index (χ1) is 26.8. The molecule has 9 aromatic carbocycles. The number of rotatable bonds is 5. The van der Waals surface area contributed by atoms with Gasteiger partial charge in [-0.3, -0.25) is 0 Å². The summed E-state index contributed by atoms with van der Waals surface area (Å²) in [6.45, 7) is 0. The lowest BCUT2D eigenvalue weighted by Gasteiger charge is -2.15. The highest BCUT2D eigenvalue weighted by Crippen LogP contribution is 2.44. The first-order valence-electron chi connectivity index (χ1n) is 18.6. The van der Waals surface area contributed by atoms with Crippen molar-refractivity contribution in [2.24, 2.45) is 0 Å². The second kappa shape index (κ2) is 12.2. The Bertz CT molecular complexity index is 3170. The number of para-hydroxylation sites is 1. The van der Waals surface area contributed by atoms with E-state index in [0.717, 1.165) is 5.69 Å². The molecule has 2 heteroatoms. The maximum atomic E-state index is 2.48. The molecule has 0 amide bonds. The van der Waals surface area contributed by atoms with Gasteiger partial charge in [-0.15, -0.1) is 0 Å². The van der Waals surface area contributed by atoms with E-state index >= 15 is 0 Å². The SMILES string of the molecule is c1ccc(-c2ccc(-n3c4cc(-c5ccccc5)ccc4c4c5c6ccccc6n(-c6ccc(-c7ccccc7)c7ccccc67)c5ccc43)cc2)cc1. The topological polar surface area (TPSA) is 9.86 Å². The van der Waals surface area contributed by atoms with Crippen LogP contribution in [0, 0.1) is 0 Å². The third-order valence-corrected chi connectivity index (χ3v) is 11.1. The molecule has 0 radical (unpaired) electrons. The number of hydrogen-bond acceptors (Lipinski definition) is 0. The molecule has 0 saturated heterocycles. The largest absolute Gasteiger partial charge is 0.309 e. The monoisotopic (exact) mass is 686 g/mol. The van der Waals surface area contributed by atoms with Gasteiger partial charge in [0, 0.05) is 32.6 Å². The summed E-state index contributed by atoms with van der Waals surface area (Å²) in [7, 11) is 0. The van der Waals surface area contributed by atoms with E-state index in [2.05, 4.69) is 215 Å². The van der Waals surface area contributed by atoms with Gasteiger partial charge in [0.1, 0.15) is 0 Å². The summed E-state index contributed by atoms with van der Waals surface area (Å²) < 4.78 is 4.94. The number of fused-ring (bicyclic) bond motifs is 8. The maximum absolute atomic E-state index is 2.48. The maximum Gasteiger partial charge on any atom is 0.0549 e. The van der Waals surface area contributed by atoms with Crippen LogP contribution in [-0.4, -0.2) is 9.13 Å². The van der Waals surface area contributed by atoms with Gasteiger partial charge >= 0.3 is 0 Å². The predicted molar refractivity (Wildman–Crippen MR) is 229 cm³/mol. The number of benzene rings is 9. The first-order valence-corrected chi connectivity index (χ1v) is 18.6. The molecule has 0 N–H and O–H groups in total. The van der Waals surface area contributed by atoms with Gasteiger partial charge in [-0.2, -0.15) is 0 Å². The molecule has 0 aliphatic carbocycles. The molecule has 0 aliphatic heterocycles. The van der Waals surface area contributed by atoms with Crippen molar-refractivity contribution in [3.8, 4) is 44.8 Å². The highest BCUT2D eigenvalue weighted by atomic mass is 15.0. The zero-order valence-corrected chi connectivity index (χ0v) is 29.5. The van der Waals surface area contributed by atoms with Crippen molar-refractivity contribution in [1.82, 2.24) is 9.13 Å². The highest BCUT2D eigenvalue weighted by molar-refractivity contribution is 6.29. The van der Waals surface area contributed by atoms with E-state index in [4.69, 9.17) is 0 Å². The Morgan fingerprint density at radius 1 is 0.259 bits per heavy atom. The molecule has 252 valence electrons. The summed E-state index contributed by atoms with van der Waals surface area (Å²) in [5.74, 6) is 0. The Labute approximate surface area is 313 Å². The highest BCUT2D eigenvalue weighted by Gasteiger charge is 2.22. The summed E-state index contributed by atoms with van der Waals surface area (Å²) in [5.41, 5.74) is 14.4. The molecular weight excluding hydrogens is 653 g/mol. The summed E-state index contributed by atoms with van der Waals surface area (Å²) >= 11 is 0. The van der Waals surface area contributed by atoms with Gasteiger partial charge in [0.25, 0.3) is 0 Å². The van der Waals surface area contributed by atoms with Crippen molar-refractivity contribution in [3.63, 3.8) is 0 Å². The fourth-order valence-electron chi connectivity index (χ4n) is 8.70. The van der Waals surface area contributed by atoms with E-state index in [1.165, 1.54) is 93.5 Å². The molecule has 0 atom stereocenters. The minimum absolute atomic E-state index is 1.14. The molecule has 54 heavy (non-hydrogen) atoms. The summed E-state index contributed by atoms with van der Waals surface area (Å²) in [5, 5.41) is 7.52. The molecule has 0 saturated carbocycles. The van der Waals surface area contributed by atoms with E-state index in [9.17, 15) is 0 Å².